The summed E-state index contributed by atoms with van der Waals surface area (Å²) in [7, 11) is -1.75. The third kappa shape index (κ3) is 9.72. The number of benzene rings is 2. The highest BCUT2D eigenvalue weighted by atomic mass is 16.5. The number of carbonyl (C=O) groups is 3. The molecule has 0 saturated carbocycles. The zero-order valence-electron chi connectivity index (χ0n) is 24.7. The van der Waals surface area contributed by atoms with E-state index in [4.69, 9.17) is 9.47 Å². The highest BCUT2D eigenvalue weighted by Gasteiger charge is 2.30. The van der Waals surface area contributed by atoms with Crippen LogP contribution in [0.2, 0.25) is 0 Å². The van der Waals surface area contributed by atoms with Gasteiger partial charge in [-0.25, -0.2) is 0 Å². The zero-order chi connectivity index (χ0) is 30.8. The number of rotatable bonds is 5. The number of hydrogen-bond acceptors (Lipinski definition) is 7. The lowest BCUT2D eigenvalue weighted by molar-refractivity contribution is -0.123. The fourth-order valence-electron chi connectivity index (χ4n) is 4.87. The summed E-state index contributed by atoms with van der Waals surface area (Å²) in [5.41, 5.74) is 2.21. The molecule has 7 rings (SSSR count). The van der Waals surface area contributed by atoms with Crippen molar-refractivity contribution in [3.8, 4) is 11.5 Å². The molecule has 0 aliphatic carbocycles. The normalized spacial score (nSPS) is 17.4. The number of aromatic nitrogens is 1. The van der Waals surface area contributed by atoms with E-state index < -0.39 is 30.9 Å². The summed E-state index contributed by atoms with van der Waals surface area (Å²) in [5.74, 6) is -0.602. The molecule has 5 heterocycles. The lowest BCUT2D eigenvalue weighted by Gasteiger charge is -2.24. The monoisotopic (exact) mass is 589 g/mol. The van der Waals surface area contributed by atoms with Crippen LogP contribution in [0.25, 0.3) is 0 Å². The number of nitrogens with one attached hydrogen (secondary N) is 3. The molecule has 10 nitrogen and oxygen atoms in total. The number of H-pyrrole nitrogens is 1. The maximum Gasteiger partial charge on any atom is 0.475 e. The van der Waals surface area contributed by atoms with E-state index in [1.807, 2.05) is 62.4 Å². The molecule has 1 aromatic heterocycles. The molecule has 4 aliphatic heterocycles. The van der Waals surface area contributed by atoms with Crippen molar-refractivity contribution in [2.24, 2.45) is 5.92 Å². The van der Waals surface area contributed by atoms with E-state index in [9.17, 15) is 24.4 Å². The Balaban J connectivity index is 1.55. The zero-order valence-corrected chi connectivity index (χ0v) is 24.7. The van der Waals surface area contributed by atoms with Gasteiger partial charge in [0.15, 0.2) is 5.78 Å². The van der Waals surface area contributed by atoms with Crippen LogP contribution in [-0.4, -0.2) is 64.9 Å². The number of ketones is 1. The number of aryl methyl sites for hydroxylation is 1. The highest BCUT2D eigenvalue weighted by molar-refractivity contribution is 6.43. The lowest BCUT2D eigenvalue weighted by atomic mass is 9.75. The molecular weight excluding hydrogens is 549 g/mol. The number of aromatic amines is 1. The summed E-state index contributed by atoms with van der Waals surface area (Å²) in [6, 6.07) is 17.0. The van der Waals surface area contributed by atoms with Gasteiger partial charge in [0.05, 0.1) is 24.8 Å². The summed E-state index contributed by atoms with van der Waals surface area (Å²) in [4.78, 5) is 42.4. The van der Waals surface area contributed by atoms with Gasteiger partial charge in [0, 0.05) is 12.8 Å². The maximum absolute atomic E-state index is 13.4. The van der Waals surface area contributed by atoms with Crippen molar-refractivity contribution in [3.63, 3.8) is 0 Å². The fraction of sp³-hybridized carbons (Fsp3) is 0.406. The van der Waals surface area contributed by atoms with Gasteiger partial charge in [0.1, 0.15) is 23.2 Å². The molecule has 0 fully saturated rings. The first-order chi connectivity index (χ1) is 20.7. The van der Waals surface area contributed by atoms with Crippen molar-refractivity contribution < 1.29 is 33.9 Å². The molecule has 0 saturated heterocycles. The van der Waals surface area contributed by atoms with Crippen LogP contribution in [-0.2, 0) is 17.6 Å². The topological polar surface area (TPSA) is 150 Å². The van der Waals surface area contributed by atoms with Gasteiger partial charge in [-0.15, -0.1) is 0 Å². The van der Waals surface area contributed by atoms with Crippen LogP contribution in [0.3, 0.4) is 0 Å². The van der Waals surface area contributed by atoms with Crippen LogP contribution in [0.15, 0.2) is 60.7 Å². The van der Waals surface area contributed by atoms with Crippen molar-refractivity contribution in [2.75, 3.05) is 13.2 Å². The largest absolute Gasteiger partial charge is 0.494 e. The van der Waals surface area contributed by atoms with Crippen LogP contribution >= 0.6 is 0 Å². The second kappa shape index (κ2) is 15.4. The molecule has 2 aromatic carbocycles. The minimum absolute atomic E-state index is 0.0947. The Morgan fingerprint density at radius 2 is 1.47 bits per heavy atom. The van der Waals surface area contributed by atoms with Crippen LogP contribution in [0.1, 0.15) is 71.6 Å². The second-order valence-electron chi connectivity index (χ2n) is 11.3. The SMILES string of the molecule is CC(C)CC(NC(=O)[C@@H]1Cc2ccc(cc2)OCCCCOc2ccc(cc2)CCC(=O)c2ccc([nH]2)C(=O)N1)B(O)O. The third-order valence-electron chi connectivity index (χ3n) is 7.27. The van der Waals surface area contributed by atoms with Crippen LogP contribution in [0.5, 0.6) is 11.5 Å². The summed E-state index contributed by atoms with van der Waals surface area (Å²) in [5, 5.41) is 25.1. The molecule has 2 atom stereocenters. The molecule has 11 heteroatoms. The molecule has 2 amide bonds. The Hall–Kier alpha value is -4.09. The molecule has 43 heavy (non-hydrogen) atoms. The first-order valence-electron chi connectivity index (χ1n) is 14.8. The Morgan fingerprint density at radius 3 is 2.05 bits per heavy atom. The van der Waals surface area contributed by atoms with E-state index in [0.717, 1.165) is 29.7 Å². The van der Waals surface area contributed by atoms with Gasteiger partial charge in [-0.2, -0.15) is 0 Å². The van der Waals surface area contributed by atoms with Crippen LogP contribution < -0.4 is 20.1 Å². The van der Waals surface area contributed by atoms with Crippen molar-refractivity contribution >= 4 is 24.7 Å². The number of carbonyl (C=O) groups excluding carboxylic acids is 3. The Bertz CT molecular complexity index is 1360. The van der Waals surface area contributed by atoms with Gasteiger partial charge in [-0.1, -0.05) is 38.1 Å². The summed E-state index contributed by atoms with van der Waals surface area (Å²) < 4.78 is 11.7. The average molecular weight is 589 g/mol. The van der Waals surface area contributed by atoms with Gasteiger partial charge in [-0.3, -0.25) is 14.4 Å². The minimum Gasteiger partial charge on any atom is -0.494 e. The Kier molecular flexibility index (Phi) is 11.4. The second-order valence-corrected chi connectivity index (χ2v) is 11.3. The van der Waals surface area contributed by atoms with E-state index in [1.165, 1.54) is 6.07 Å². The quantitative estimate of drug-likeness (QED) is 0.287. The van der Waals surface area contributed by atoms with E-state index >= 15 is 0 Å². The third-order valence-corrected chi connectivity index (χ3v) is 7.27. The maximum atomic E-state index is 13.4. The van der Waals surface area contributed by atoms with Crippen molar-refractivity contribution in [1.29, 1.82) is 0 Å². The lowest BCUT2D eigenvalue weighted by Crippen LogP contribution is -2.55. The van der Waals surface area contributed by atoms with Gasteiger partial charge < -0.3 is 35.1 Å². The summed E-state index contributed by atoms with van der Waals surface area (Å²) >= 11 is 0. The van der Waals surface area contributed by atoms with Gasteiger partial charge >= 0.3 is 7.12 Å². The van der Waals surface area contributed by atoms with E-state index in [-0.39, 0.29) is 30.2 Å². The standard InChI is InChI=1S/C32H40BN3O7/c1-21(2)19-30(33(40)41)36-32(39)28-20-23-7-12-25(13-8-23)43-18-4-3-17-42-24-10-5-22(6-11-24)9-16-29(37)26-14-15-27(34-26)31(38)35-28/h5-8,10-15,21,28,30,34,40-41H,3-4,9,16-20H2,1-2H3,(H,35,38)(H,36,39)/t28-,30?/m0/s1. The Labute approximate surface area is 252 Å². The van der Waals surface area contributed by atoms with Crippen molar-refractivity contribution in [2.45, 2.75) is 64.4 Å². The molecule has 6 bridgehead atoms. The van der Waals surface area contributed by atoms with Gasteiger partial charge in [0.25, 0.3) is 5.91 Å². The van der Waals surface area contributed by atoms with E-state index in [0.29, 0.717) is 37.5 Å². The molecule has 3 aromatic rings. The molecular formula is C32H40BN3O7. The number of hydrogen-bond donors (Lipinski definition) is 5. The predicted molar refractivity (Wildman–Crippen MR) is 163 cm³/mol. The highest BCUT2D eigenvalue weighted by Crippen LogP contribution is 2.18. The molecule has 0 spiro atoms. The number of Topliss-reactive ketones (excluding diaryl/α,β-unsaturated/α-hetero) is 1. The molecule has 228 valence electrons. The predicted octanol–water partition coefficient (Wildman–Crippen LogP) is 3.27. The van der Waals surface area contributed by atoms with Gasteiger partial charge in [-0.05, 0) is 79.1 Å². The molecule has 5 N–H and O–H groups in total. The van der Waals surface area contributed by atoms with Crippen LogP contribution in [0.4, 0.5) is 0 Å². The smallest absolute Gasteiger partial charge is 0.475 e. The van der Waals surface area contributed by atoms with E-state index in [2.05, 4.69) is 15.6 Å². The molecule has 4 aliphatic rings. The van der Waals surface area contributed by atoms with Gasteiger partial charge in [0.2, 0.25) is 5.91 Å². The fourth-order valence-corrected chi connectivity index (χ4v) is 4.87. The summed E-state index contributed by atoms with van der Waals surface area (Å²) in [6.45, 7) is 4.91. The first kappa shape index (κ1) is 31.8. The van der Waals surface area contributed by atoms with Crippen molar-refractivity contribution in [1.82, 2.24) is 15.6 Å². The van der Waals surface area contributed by atoms with Crippen LogP contribution in [0, 0.1) is 5.92 Å². The molecule has 0 radical (unpaired) electrons. The van der Waals surface area contributed by atoms with Crippen molar-refractivity contribution in [3.05, 3.63) is 83.2 Å². The number of amides is 2. The van der Waals surface area contributed by atoms with E-state index in [1.54, 1.807) is 6.07 Å². The first-order valence-corrected chi connectivity index (χ1v) is 14.8. The Morgan fingerprint density at radius 1 is 0.884 bits per heavy atom. The summed E-state index contributed by atoms with van der Waals surface area (Å²) in [6.07, 6.45) is 2.91. The molecule has 1 unspecified atom stereocenters. The minimum atomic E-state index is -1.75. The number of ether oxygens (including phenoxy) is 2. The average Bonchev–Trinajstić information content (AvgIpc) is 3.48.